The van der Waals surface area contributed by atoms with E-state index in [1.54, 1.807) is 6.08 Å². The number of anilines is 1. The van der Waals surface area contributed by atoms with Crippen LogP contribution in [0.1, 0.15) is 0 Å². The number of para-hydroxylation sites is 1. The Hall–Kier alpha value is -2.80. The third-order valence-electron chi connectivity index (χ3n) is 5.30. The van der Waals surface area contributed by atoms with Gasteiger partial charge in [0.2, 0.25) is 0 Å². The lowest BCUT2D eigenvalue weighted by atomic mass is 10.1. The van der Waals surface area contributed by atoms with Crippen LogP contribution in [0.2, 0.25) is 0 Å². The van der Waals surface area contributed by atoms with E-state index in [1.807, 2.05) is 48.5 Å². The van der Waals surface area contributed by atoms with Gasteiger partial charge in [-0.25, -0.2) is 9.97 Å². The number of benzene rings is 2. The Labute approximate surface area is 177 Å². The fourth-order valence-electron chi connectivity index (χ4n) is 3.80. The largest absolute Gasteiger partial charge is 0.389 e. The number of hydrogen-bond acceptors (Lipinski definition) is 6. The van der Waals surface area contributed by atoms with E-state index in [0.29, 0.717) is 19.8 Å². The van der Waals surface area contributed by atoms with Crippen molar-refractivity contribution in [3.63, 3.8) is 0 Å². The van der Waals surface area contributed by atoms with Gasteiger partial charge in [0.05, 0.1) is 24.8 Å². The summed E-state index contributed by atoms with van der Waals surface area (Å²) < 4.78 is 5.36. The number of fused-ring (bicyclic) bond motifs is 1. The van der Waals surface area contributed by atoms with Gasteiger partial charge in [0.15, 0.2) is 5.82 Å². The fraction of sp³-hybridized carbons (Fsp3) is 0.333. The van der Waals surface area contributed by atoms with E-state index in [2.05, 4.69) is 22.4 Å². The van der Waals surface area contributed by atoms with Crippen LogP contribution in [0, 0.1) is 0 Å². The van der Waals surface area contributed by atoms with Crippen molar-refractivity contribution in [2.24, 2.45) is 0 Å². The first-order chi connectivity index (χ1) is 14.7. The zero-order valence-electron chi connectivity index (χ0n) is 17.2. The number of ether oxygens (including phenoxy) is 1. The number of piperazine rings is 1. The molecule has 0 spiro atoms. The molecule has 1 unspecified atom stereocenters. The van der Waals surface area contributed by atoms with Crippen LogP contribution in [0.3, 0.4) is 0 Å². The van der Waals surface area contributed by atoms with Crippen LogP contribution in [-0.2, 0) is 4.74 Å². The molecular weight excluding hydrogens is 376 g/mol. The van der Waals surface area contributed by atoms with Gasteiger partial charge < -0.3 is 14.7 Å². The molecular formula is C24H28N4O2. The first-order valence-corrected chi connectivity index (χ1v) is 10.4. The minimum absolute atomic E-state index is 0.337. The van der Waals surface area contributed by atoms with Crippen molar-refractivity contribution >= 4 is 16.7 Å². The molecule has 2 heterocycles. The van der Waals surface area contributed by atoms with E-state index in [4.69, 9.17) is 14.7 Å². The molecule has 1 fully saturated rings. The van der Waals surface area contributed by atoms with Gasteiger partial charge in [-0.2, -0.15) is 0 Å². The third-order valence-corrected chi connectivity index (χ3v) is 5.30. The predicted molar refractivity (Wildman–Crippen MR) is 121 cm³/mol. The Bertz CT molecular complexity index is 971. The summed E-state index contributed by atoms with van der Waals surface area (Å²) in [4.78, 5) is 14.3. The molecule has 1 atom stereocenters. The van der Waals surface area contributed by atoms with Crippen LogP contribution in [0.4, 0.5) is 5.82 Å². The van der Waals surface area contributed by atoms with E-state index in [9.17, 15) is 5.11 Å². The molecule has 1 aromatic heterocycles. The van der Waals surface area contributed by atoms with E-state index in [0.717, 1.165) is 54.3 Å². The van der Waals surface area contributed by atoms with Crippen molar-refractivity contribution < 1.29 is 9.84 Å². The topological polar surface area (TPSA) is 61.7 Å². The summed E-state index contributed by atoms with van der Waals surface area (Å²) in [5.41, 5.74) is 1.98. The summed E-state index contributed by atoms with van der Waals surface area (Å²) in [7, 11) is 0. The van der Waals surface area contributed by atoms with Gasteiger partial charge in [0.1, 0.15) is 5.82 Å². The second-order valence-corrected chi connectivity index (χ2v) is 7.52. The number of aliphatic hydroxyl groups excluding tert-OH is 1. The Morgan fingerprint density at radius 2 is 1.73 bits per heavy atom. The van der Waals surface area contributed by atoms with E-state index in [1.165, 1.54) is 0 Å². The van der Waals surface area contributed by atoms with Gasteiger partial charge in [-0.05, 0) is 12.1 Å². The highest BCUT2D eigenvalue weighted by Crippen LogP contribution is 2.28. The lowest BCUT2D eigenvalue weighted by molar-refractivity contribution is 0.0252. The molecule has 1 saturated heterocycles. The quantitative estimate of drug-likeness (QED) is 0.460. The van der Waals surface area contributed by atoms with Crippen molar-refractivity contribution in [3.05, 3.63) is 67.3 Å². The van der Waals surface area contributed by atoms with Crippen LogP contribution in [0.25, 0.3) is 22.3 Å². The lowest BCUT2D eigenvalue weighted by Crippen LogP contribution is -2.49. The average molecular weight is 405 g/mol. The van der Waals surface area contributed by atoms with Gasteiger partial charge in [-0.3, -0.25) is 4.90 Å². The predicted octanol–water partition coefficient (Wildman–Crippen LogP) is 2.98. The molecule has 1 N–H and O–H groups in total. The van der Waals surface area contributed by atoms with E-state index in [-0.39, 0.29) is 0 Å². The monoisotopic (exact) mass is 404 g/mol. The SMILES string of the molecule is C=CCOCC(O)CN1CCN(c2nc(-c3ccccc3)nc3ccccc23)CC1. The second kappa shape index (κ2) is 9.80. The minimum atomic E-state index is -0.485. The standard InChI is InChI=1S/C24H28N4O2/c1-2-16-30-18-20(29)17-27-12-14-28(15-13-27)24-21-10-6-7-11-22(21)25-23(26-24)19-8-4-3-5-9-19/h2-11,20,29H,1,12-18H2. The van der Waals surface area contributed by atoms with Gasteiger partial charge in [-0.1, -0.05) is 48.5 Å². The molecule has 6 heteroatoms. The molecule has 4 rings (SSSR count). The first kappa shape index (κ1) is 20.5. The van der Waals surface area contributed by atoms with Gasteiger partial charge in [-0.15, -0.1) is 6.58 Å². The van der Waals surface area contributed by atoms with Crippen LogP contribution in [0.5, 0.6) is 0 Å². The molecule has 0 saturated carbocycles. The first-order valence-electron chi connectivity index (χ1n) is 10.4. The number of nitrogens with zero attached hydrogens (tertiary/aromatic N) is 4. The van der Waals surface area contributed by atoms with Crippen LogP contribution >= 0.6 is 0 Å². The van der Waals surface area contributed by atoms with Crippen LogP contribution in [-0.4, -0.2) is 72.0 Å². The summed E-state index contributed by atoms with van der Waals surface area (Å²) >= 11 is 0. The average Bonchev–Trinajstić information content (AvgIpc) is 2.80. The maximum atomic E-state index is 10.2. The summed E-state index contributed by atoms with van der Waals surface area (Å²) in [5.74, 6) is 1.73. The Balaban J connectivity index is 1.49. The normalized spacial score (nSPS) is 16.0. The summed E-state index contributed by atoms with van der Waals surface area (Å²) in [6.45, 7) is 8.50. The van der Waals surface area contributed by atoms with Crippen molar-refractivity contribution in [1.82, 2.24) is 14.9 Å². The van der Waals surface area contributed by atoms with E-state index >= 15 is 0 Å². The van der Waals surface area contributed by atoms with E-state index < -0.39 is 6.10 Å². The summed E-state index contributed by atoms with van der Waals surface area (Å²) in [6, 6.07) is 18.3. The molecule has 0 amide bonds. The molecule has 2 aromatic carbocycles. The summed E-state index contributed by atoms with van der Waals surface area (Å²) in [5, 5.41) is 11.3. The number of rotatable bonds is 8. The lowest BCUT2D eigenvalue weighted by Gasteiger charge is -2.36. The minimum Gasteiger partial charge on any atom is -0.389 e. The number of aliphatic hydroxyl groups is 1. The molecule has 156 valence electrons. The second-order valence-electron chi connectivity index (χ2n) is 7.52. The Kier molecular flexibility index (Phi) is 6.69. The molecule has 0 aliphatic carbocycles. The third kappa shape index (κ3) is 4.84. The molecule has 6 nitrogen and oxygen atoms in total. The van der Waals surface area contributed by atoms with Crippen molar-refractivity contribution in [2.75, 3.05) is 50.8 Å². The molecule has 1 aliphatic rings. The van der Waals surface area contributed by atoms with Crippen LogP contribution in [0.15, 0.2) is 67.3 Å². The molecule has 1 aliphatic heterocycles. The number of β-amino-alcohol motifs (C(OH)–C–C–N with tert-alkyl or cyclic N) is 1. The smallest absolute Gasteiger partial charge is 0.162 e. The number of hydrogen-bond donors (Lipinski definition) is 1. The van der Waals surface area contributed by atoms with Gasteiger partial charge in [0.25, 0.3) is 0 Å². The molecule has 0 radical (unpaired) electrons. The maximum absolute atomic E-state index is 10.2. The Morgan fingerprint density at radius 3 is 2.50 bits per heavy atom. The highest BCUT2D eigenvalue weighted by molar-refractivity contribution is 5.91. The van der Waals surface area contributed by atoms with Crippen LogP contribution < -0.4 is 4.90 Å². The highest BCUT2D eigenvalue weighted by Gasteiger charge is 2.22. The van der Waals surface area contributed by atoms with Crippen molar-refractivity contribution in [2.45, 2.75) is 6.10 Å². The highest BCUT2D eigenvalue weighted by atomic mass is 16.5. The molecule has 3 aromatic rings. The van der Waals surface area contributed by atoms with Crippen molar-refractivity contribution in [3.8, 4) is 11.4 Å². The number of aromatic nitrogens is 2. The summed E-state index contributed by atoms with van der Waals surface area (Å²) in [6.07, 6.45) is 1.21. The van der Waals surface area contributed by atoms with Gasteiger partial charge >= 0.3 is 0 Å². The Morgan fingerprint density at radius 1 is 1.00 bits per heavy atom. The molecule has 30 heavy (non-hydrogen) atoms. The molecule has 0 bridgehead atoms. The van der Waals surface area contributed by atoms with Crippen molar-refractivity contribution in [1.29, 1.82) is 0 Å². The van der Waals surface area contributed by atoms with Gasteiger partial charge in [0, 0.05) is 43.7 Å². The zero-order chi connectivity index (χ0) is 20.8. The zero-order valence-corrected chi connectivity index (χ0v) is 17.2. The maximum Gasteiger partial charge on any atom is 0.162 e. The fourth-order valence-corrected chi connectivity index (χ4v) is 3.80.